The highest BCUT2D eigenvalue weighted by molar-refractivity contribution is 7.09. The van der Waals surface area contributed by atoms with Gasteiger partial charge in [0.05, 0.1) is 5.56 Å². The van der Waals surface area contributed by atoms with Gasteiger partial charge in [0.1, 0.15) is 6.33 Å². The molecule has 4 nitrogen and oxygen atoms in total. The highest BCUT2D eigenvalue weighted by Gasteiger charge is 2.19. The number of anilines is 1. The molecule has 0 atom stereocenters. The van der Waals surface area contributed by atoms with Gasteiger partial charge in [-0.3, -0.25) is 10.1 Å². The number of benzene rings is 1. The van der Waals surface area contributed by atoms with E-state index in [1.54, 1.807) is 0 Å². The van der Waals surface area contributed by atoms with E-state index in [4.69, 9.17) is 0 Å². The number of nitrogens with zero attached hydrogens (tertiary/aromatic N) is 2. The first-order chi connectivity index (χ1) is 8.09. The van der Waals surface area contributed by atoms with Gasteiger partial charge in [-0.1, -0.05) is 0 Å². The minimum absolute atomic E-state index is 0.138. The fraction of sp³-hybridized carbons (Fsp3) is 0. The Balaban J connectivity index is 2.29. The molecule has 8 heteroatoms. The lowest BCUT2D eigenvalue weighted by Crippen LogP contribution is -2.15. The normalized spacial score (nSPS) is 10.3. The van der Waals surface area contributed by atoms with E-state index in [-0.39, 0.29) is 5.13 Å². The number of nitrogens with one attached hydrogen (secondary N) is 1. The predicted octanol–water partition coefficient (Wildman–Crippen LogP) is 2.21. The molecule has 0 aliphatic heterocycles. The molecule has 2 aromatic rings. The smallest absolute Gasteiger partial charge is 0.260 e. The second-order valence-electron chi connectivity index (χ2n) is 2.92. The Morgan fingerprint density at radius 2 is 2.00 bits per heavy atom. The molecule has 0 radical (unpaired) electrons. The summed E-state index contributed by atoms with van der Waals surface area (Å²) in [6, 6.07) is 1.53. The summed E-state index contributed by atoms with van der Waals surface area (Å²) in [6.07, 6.45) is 1.20. The van der Waals surface area contributed by atoms with Gasteiger partial charge in [-0.15, -0.1) is 0 Å². The summed E-state index contributed by atoms with van der Waals surface area (Å²) >= 11 is 0.876. The van der Waals surface area contributed by atoms with Crippen molar-refractivity contribution in [3.05, 3.63) is 41.5 Å². The maximum absolute atomic E-state index is 13.2. The van der Waals surface area contributed by atoms with Crippen LogP contribution in [-0.4, -0.2) is 15.3 Å². The molecular formula is C9H4F3N3OS. The summed E-state index contributed by atoms with van der Waals surface area (Å²) in [6.45, 7) is 0. The molecule has 0 fully saturated rings. The summed E-state index contributed by atoms with van der Waals surface area (Å²) < 4.78 is 42.4. The molecule has 0 unspecified atom stereocenters. The Morgan fingerprint density at radius 1 is 1.24 bits per heavy atom. The molecule has 0 saturated carbocycles. The first-order valence-electron chi connectivity index (χ1n) is 4.31. The fourth-order valence-corrected chi connectivity index (χ4v) is 1.52. The van der Waals surface area contributed by atoms with Crippen molar-refractivity contribution in [2.45, 2.75) is 0 Å². The van der Waals surface area contributed by atoms with E-state index in [2.05, 4.69) is 14.7 Å². The number of carbonyl (C=O) groups excluding carboxylic acids is 1. The molecule has 1 heterocycles. The molecule has 0 aliphatic carbocycles. The lowest BCUT2D eigenvalue weighted by Gasteiger charge is -2.03. The lowest BCUT2D eigenvalue weighted by atomic mass is 10.2. The Hall–Kier alpha value is -1.96. The third-order valence-corrected chi connectivity index (χ3v) is 2.44. The van der Waals surface area contributed by atoms with Crippen molar-refractivity contribution < 1.29 is 18.0 Å². The van der Waals surface area contributed by atoms with E-state index in [1.165, 1.54) is 6.33 Å². The van der Waals surface area contributed by atoms with Crippen LogP contribution in [0.4, 0.5) is 18.3 Å². The summed E-state index contributed by atoms with van der Waals surface area (Å²) in [4.78, 5) is 15.1. The van der Waals surface area contributed by atoms with Gasteiger partial charge in [0.2, 0.25) is 5.13 Å². The van der Waals surface area contributed by atoms with E-state index in [1.807, 2.05) is 0 Å². The monoisotopic (exact) mass is 259 g/mol. The van der Waals surface area contributed by atoms with Crippen molar-refractivity contribution in [2.24, 2.45) is 0 Å². The Bertz CT molecular complexity index is 559. The van der Waals surface area contributed by atoms with Gasteiger partial charge < -0.3 is 0 Å². The van der Waals surface area contributed by atoms with Gasteiger partial charge in [-0.2, -0.15) is 4.37 Å². The van der Waals surface area contributed by atoms with Crippen LogP contribution in [-0.2, 0) is 0 Å². The molecule has 0 saturated heterocycles. The Labute approximate surface area is 97.3 Å². The molecule has 0 bridgehead atoms. The summed E-state index contributed by atoms with van der Waals surface area (Å²) in [5, 5.41) is 2.34. The number of rotatable bonds is 2. The third-order valence-electron chi connectivity index (χ3n) is 1.86. The molecule has 1 N–H and O–H groups in total. The minimum atomic E-state index is -1.69. The average molecular weight is 259 g/mol. The average Bonchev–Trinajstić information content (AvgIpc) is 2.78. The topological polar surface area (TPSA) is 54.9 Å². The SMILES string of the molecule is O=C(Nc1ncns1)c1ccc(F)c(F)c1F. The first kappa shape index (κ1) is 11.5. The van der Waals surface area contributed by atoms with Crippen molar-refractivity contribution in [2.75, 3.05) is 5.32 Å². The molecule has 0 aliphatic rings. The van der Waals surface area contributed by atoms with Gasteiger partial charge in [0.15, 0.2) is 17.5 Å². The van der Waals surface area contributed by atoms with Gasteiger partial charge in [0.25, 0.3) is 5.91 Å². The molecule has 1 aromatic heterocycles. The quantitative estimate of drug-likeness (QED) is 0.841. The number of carbonyl (C=O) groups is 1. The Morgan fingerprint density at radius 3 is 2.65 bits per heavy atom. The van der Waals surface area contributed by atoms with Crippen LogP contribution in [0.2, 0.25) is 0 Å². The van der Waals surface area contributed by atoms with Gasteiger partial charge in [-0.05, 0) is 12.1 Å². The van der Waals surface area contributed by atoms with Crippen LogP contribution in [0.15, 0.2) is 18.5 Å². The zero-order valence-corrected chi connectivity index (χ0v) is 8.89. The third kappa shape index (κ3) is 2.26. The van der Waals surface area contributed by atoms with E-state index >= 15 is 0 Å². The van der Waals surface area contributed by atoms with Crippen LogP contribution in [0.1, 0.15) is 10.4 Å². The highest BCUT2D eigenvalue weighted by Crippen LogP contribution is 2.17. The van der Waals surface area contributed by atoms with E-state index < -0.39 is 28.9 Å². The van der Waals surface area contributed by atoms with Crippen molar-refractivity contribution in [3.8, 4) is 0 Å². The van der Waals surface area contributed by atoms with Crippen LogP contribution in [0.5, 0.6) is 0 Å². The van der Waals surface area contributed by atoms with Crippen LogP contribution >= 0.6 is 11.5 Å². The minimum Gasteiger partial charge on any atom is -0.297 e. The molecule has 2 rings (SSSR count). The van der Waals surface area contributed by atoms with Gasteiger partial charge in [0, 0.05) is 11.5 Å². The van der Waals surface area contributed by atoms with Gasteiger partial charge in [-0.25, -0.2) is 18.2 Å². The van der Waals surface area contributed by atoms with E-state index in [9.17, 15) is 18.0 Å². The fourth-order valence-electron chi connectivity index (χ4n) is 1.09. The Kier molecular flexibility index (Phi) is 3.05. The summed E-state index contributed by atoms with van der Waals surface area (Å²) in [5.41, 5.74) is -0.598. The van der Waals surface area contributed by atoms with E-state index in [0.29, 0.717) is 6.07 Å². The standard InChI is InChI=1S/C9H4F3N3OS/c10-5-2-1-4(6(11)7(5)12)8(16)15-9-13-3-14-17-9/h1-3H,(H,13,14,15,16). The molecule has 0 spiro atoms. The maximum atomic E-state index is 13.2. The highest BCUT2D eigenvalue weighted by atomic mass is 32.1. The lowest BCUT2D eigenvalue weighted by molar-refractivity contribution is 0.102. The number of aromatic nitrogens is 2. The number of hydrogen-bond donors (Lipinski definition) is 1. The van der Waals surface area contributed by atoms with Crippen LogP contribution < -0.4 is 5.32 Å². The first-order valence-corrected chi connectivity index (χ1v) is 5.08. The largest absolute Gasteiger partial charge is 0.297 e. The van der Waals surface area contributed by atoms with Crippen LogP contribution in [0, 0.1) is 17.5 Å². The molecule has 88 valence electrons. The number of hydrogen-bond acceptors (Lipinski definition) is 4. The van der Waals surface area contributed by atoms with Crippen LogP contribution in [0.3, 0.4) is 0 Å². The van der Waals surface area contributed by atoms with Crippen LogP contribution in [0.25, 0.3) is 0 Å². The number of halogens is 3. The summed E-state index contributed by atoms with van der Waals surface area (Å²) in [7, 11) is 0. The van der Waals surface area contributed by atoms with E-state index in [0.717, 1.165) is 17.6 Å². The molecule has 1 aromatic carbocycles. The second-order valence-corrected chi connectivity index (χ2v) is 3.70. The van der Waals surface area contributed by atoms with Crippen molar-refractivity contribution in [3.63, 3.8) is 0 Å². The zero-order chi connectivity index (χ0) is 12.4. The van der Waals surface area contributed by atoms with Crippen molar-refractivity contribution in [1.29, 1.82) is 0 Å². The maximum Gasteiger partial charge on any atom is 0.260 e. The zero-order valence-electron chi connectivity index (χ0n) is 8.08. The molecule has 17 heavy (non-hydrogen) atoms. The summed E-state index contributed by atoms with van der Waals surface area (Å²) in [5.74, 6) is -5.49. The second kappa shape index (κ2) is 4.50. The van der Waals surface area contributed by atoms with Crippen molar-refractivity contribution in [1.82, 2.24) is 9.36 Å². The van der Waals surface area contributed by atoms with Crippen molar-refractivity contribution >= 4 is 22.6 Å². The van der Waals surface area contributed by atoms with Gasteiger partial charge >= 0.3 is 0 Å². The predicted molar refractivity (Wildman–Crippen MR) is 54.2 cm³/mol. The number of amides is 1. The molecular weight excluding hydrogens is 255 g/mol. The molecule has 1 amide bonds.